The molecule has 0 aromatic heterocycles. The van der Waals surface area contributed by atoms with Crippen LogP contribution in [0.3, 0.4) is 0 Å². The lowest BCUT2D eigenvalue weighted by molar-refractivity contribution is -0.137. The summed E-state index contributed by atoms with van der Waals surface area (Å²) in [7, 11) is 1.67. The predicted molar refractivity (Wildman–Crippen MR) is 430 cm³/mol. The zero-order valence-corrected chi connectivity index (χ0v) is 68.9. The molecule has 8 aromatic carbocycles. The number of halogens is 5. The van der Waals surface area contributed by atoms with Gasteiger partial charge in [-0.25, -0.2) is 4.39 Å². The highest BCUT2D eigenvalue weighted by molar-refractivity contribution is 6.31. The number of hydrogen-bond donors (Lipinski definition) is 0. The van der Waals surface area contributed by atoms with E-state index in [0.717, 1.165) is 59.4 Å². The zero-order valence-electron chi connectivity index (χ0n) is 68.2. The first-order chi connectivity index (χ1) is 49.2. The molecule has 0 aliphatic carbocycles. The first-order valence-electron chi connectivity index (χ1n) is 36.7. The Kier molecular flexibility index (Phi) is 48.7. The smallest absolute Gasteiger partial charge is 0.416 e. The van der Waals surface area contributed by atoms with Gasteiger partial charge in [-0.3, -0.25) is 0 Å². The van der Waals surface area contributed by atoms with Crippen molar-refractivity contribution in [2.24, 2.45) is 0 Å². The van der Waals surface area contributed by atoms with Crippen LogP contribution in [0.25, 0.3) is 0 Å². The third kappa shape index (κ3) is 49.7. The minimum atomic E-state index is -4.29. The summed E-state index contributed by atoms with van der Waals surface area (Å²) in [6.45, 7) is 53.6. The van der Waals surface area contributed by atoms with Gasteiger partial charge in [-0.05, 0) is 254 Å². The normalized spacial score (nSPS) is 11.1. The molecule has 0 spiro atoms. The summed E-state index contributed by atoms with van der Waals surface area (Å²) in [6, 6.07) is 58.2. The molecule has 0 aliphatic rings. The van der Waals surface area contributed by atoms with Gasteiger partial charge in [0, 0.05) is 5.02 Å². The average Bonchev–Trinajstić information content (AvgIpc) is 0.838. The summed E-state index contributed by atoms with van der Waals surface area (Å²) < 4.78 is 98.8. The van der Waals surface area contributed by atoms with Crippen LogP contribution in [0.1, 0.15) is 215 Å². The number of ether oxygens (including phenoxy) is 9. The second kappa shape index (κ2) is 53.1. The topological polar surface area (TPSA) is 83.1 Å². The van der Waals surface area contributed by atoms with Crippen LogP contribution >= 0.6 is 11.6 Å². The van der Waals surface area contributed by atoms with Gasteiger partial charge in [-0.15, -0.1) is 0 Å². The predicted octanol–water partition coefficient (Wildman–Crippen LogP) is 25.6. The molecule has 9 nitrogen and oxygen atoms in total. The fraction of sp³-hybridized carbons (Fsp3) is 0.473. The van der Waals surface area contributed by atoms with Crippen LogP contribution in [0.5, 0.6) is 5.75 Å². The Morgan fingerprint density at radius 1 is 0.314 bits per heavy atom. The number of hydrogen-bond acceptors (Lipinski definition) is 9. The molecular weight excluding hydrogens is 1350 g/mol. The van der Waals surface area contributed by atoms with Crippen molar-refractivity contribution in [1.82, 2.24) is 0 Å². The molecule has 0 saturated heterocycles. The maximum atomic E-state index is 12.6. The summed E-state index contributed by atoms with van der Waals surface area (Å²) in [5, 5.41) is 0.792. The summed E-state index contributed by atoms with van der Waals surface area (Å²) in [6.07, 6.45) is -2.35. The van der Waals surface area contributed by atoms with Crippen LogP contribution in [-0.4, -0.2) is 55.9 Å². The molecule has 0 saturated carbocycles. The van der Waals surface area contributed by atoms with Crippen LogP contribution in [0.4, 0.5) is 17.6 Å². The van der Waals surface area contributed by atoms with Gasteiger partial charge < -0.3 is 42.6 Å². The monoisotopic (exact) mass is 1480 g/mol. The standard InChI is InChI=1S/C14H22O.C12H15F3O.C12H18O.C11H15ClO.C11H16O2.C11H16O.C10H13FO.C10H14O/c1-11(2)15-10-12-6-8-13(9-7-12)14(3,4)5;1-8(2)16-7-10-4-9(3)5-11(6-10)12(13,14)15;1-9(2)13-8-12-6-5-10(3)7-11(12)4;1-8(2)13-7-10-5-4-9(3)6-11(10)12;1-9(2)13-8-10-5-4-6-11(7-10)12-3;1-9(2)12-8-11-6-4-10(3)5-7-11;1-8(2)12-7-9-4-3-5-10(11)6-9;1-9(2)11-8-10-6-4-3-5-7-10/h6-9,11H,10H2,1-5H3;4-6,8H,7H2,1-3H3;5-7,9H,8H2,1-4H3;4-6,8H,7H2,1-3H3;4-7,9H,8H2,1-3H3;4-7,9H,8H2,1-3H3;3-6,8H,7H2,1-2H3;3-7,9H,8H2,1-2H3. The van der Waals surface area contributed by atoms with E-state index in [0.29, 0.717) is 62.0 Å². The Morgan fingerprint density at radius 2 is 0.676 bits per heavy atom. The minimum Gasteiger partial charge on any atom is -0.497 e. The summed E-state index contributed by atoms with van der Waals surface area (Å²) in [5.74, 6) is 0.671. The molecular formula is C91H129ClF4O9. The van der Waals surface area contributed by atoms with Gasteiger partial charge >= 0.3 is 6.18 Å². The quantitative estimate of drug-likeness (QED) is 0.0520. The largest absolute Gasteiger partial charge is 0.497 e. The molecule has 0 heterocycles. The lowest BCUT2D eigenvalue weighted by atomic mass is 9.87. The van der Waals surface area contributed by atoms with E-state index < -0.39 is 11.7 Å². The fourth-order valence-electron chi connectivity index (χ4n) is 8.73. The summed E-state index contributed by atoms with van der Waals surface area (Å²) >= 11 is 6.03. The number of rotatable bonds is 25. The van der Waals surface area contributed by atoms with Gasteiger partial charge in [0.2, 0.25) is 0 Å². The van der Waals surface area contributed by atoms with Crippen LogP contribution in [0.15, 0.2) is 182 Å². The van der Waals surface area contributed by atoms with Crippen molar-refractivity contribution in [3.8, 4) is 5.75 Å². The van der Waals surface area contributed by atoms with Crippen LogP contribution < -0.4 is 4.74 Å². The molecule has 0 radical (unpaired) electrons. The molecule has 0 fully saturated rings. The number of benzene rings is 8. The van der Waals surface area contributed by atoms with Crippen molar-refractivity contribution in [2.75, 3.05) is 7.11 Å². The third-order valence-electron chi connectivity index (χ3n) is 14.6. The molecule has 8 aromatic rings. The van der Waals surface area contributed by atoms with Crippen molar-refractivity contribution < 1.29 is 60.2 Å². The molecule has 582 valence electrons. The van der Waals surface area contributed by atoms with Gasteiger partial charge in [-0.2, -0.15) is 13.2 Å². The maximum absolute atomic E-state index is 12.6. The first kappa shape index (κ1) is 96.3. The van der Waals surface area contributed by atoms with Crippen LogP contribution in [0.2, 0.25) is 5.02 Å². The highest BCUT2D eigenvalue weighted by atomic mass is 35.5. The van der Waals surface area contributed by atoms with Crippen LogP contribution in [-0.2, 0) is 102 Å². The van der Waals surface area contributed by atoms with E-state index in [9.17, 15) is 17.6 Å². The highest BCUT2D eigenvalue weighted by Crippen LogP contribution is 2.31. The van der Waals surface area contributed by atoms with Gasteiger partial charge in [-0.1, -0.05) is 189 Å². The second-order valence-electron chi connectivity index (χ2n) is 29.0. The Morgan fingerprint density at radius 3 is 1.09 bits per heavy atom. The van der Waals surface area contributed by atoms with E-state index in [4.69, 9.17) is 54.2 Å². The summed E-state index contributed by atoms with van der Waals surface area (Å²) in [4.78, 5) is 0. The summed E-state index contributed by atoms with van der Waals surface area (Å²) in [5.41, 5.74) is 15.3. The van der Waals surface area contributed by atoms with Crippen molar-refractivity contribution in [1.29, 1.82) is 0 Å². The molecule has 14 heteroatoms. The van der Waals surface area contributed by atoms with Crippen molar-refractivity contribution >= 4 is 11.6 Å². The van der Waals surface area contributed by atoms with Gasteiger partial charge in [0.25, 0.3) is 0 Å². The molecule has 0 bridgehead atoms. The van der Waals surface area contributed by atoms with E-state index in [1.54, 1.807) is 26.2 Å². The molecule has 0 N–H and O–H groups in total. The van der Waals surface area contributed by atoms with Crippen molar-refractivity contribution in [3.63, 3.8) is 0 Å². The van der Waals surface area contributed by atoms with E-state index in [1.165, 1.54) is 62.2 Å². The second-order valence-corrected chi connectivity index (χ2v) is 29.4. The Hall–Kier alpha value is -6.75. The van der Waals surface area contributed by atoms with E-state index >= 15 is 0 Å². The number of methoxy groups -OCH3 is 1. The third-order valence-corrected chi connectivity index (χ3v) is 15.0. The molecule has 105 heavy (non-hydrogen) atoms. The molecule has 0 amide bonds. The molecule has 0 aliphatic heterocycles. The van der Waals surface area contributed by atoms with Gasteiger partial charge in [0.1, 0.15) is 11.6 Å². The Labute approximate surface area is 637 Å². The Bertz CT molecular complexity index is 3470. The lowest BCUT2D eigenvalue weighted by Gasteiger charge is -2.19. The number of aryl methyl sites for hydroxylation is 5. The highest BCUT2D eigenvalue weighted by Gasteiger charge is 2.31. The maximum Gasteiger partial charge on any atom is 0.416 e. The van der Waals surface area contributed by atoms with Crippen molar-refractivity contribution in [2.45, 2.75) is 279 Å². The average molecular weight is 1480 g/mol. The van der Waals surface area contributed by atoms with Crippen LogP contribution in [0, 0.1) is 40.4 Å². The van der Waals surface area contributed by atoms with E-state index in [1.807, 2.05) is 157 Å². The Balaban J connectivity index is 0.000000601. The lowest BCUT2D eigenvalue weighted by Crippen LogP contribution is -2.11. The molecule has 0 atom stereocenters. The zero-order chi connectivity index (χ0) is 79.2. The fourth-order valence-corrected chi connectivity index (χ4v) is 9.01. The van der Waals surface area contributed by atoms with Gasteiger partial charge in [0.15, 0.2) is 0 Å². The molecule has 0 unspecified atom stereocenters. The number of alkyl halides is 3. The van der Waals surface area contributed by atoms with Crippen molar-refractivity contribution in [3.05, 3.63) is 276 Å². The SMILES string of the molecule is CC(C)OCc1ccc(C(C)(C)C)cc1.CC(C)OCc1cccc(F)c1.CC(C)OCc1ccccc1.COc1cccc(COC(C)C)c1.Cc1cc(COC(C)C)cc(C(F)(F)F)c1.Cc1ccc(COC(C)C)c(C)c1.Cc1ccc(COC(C)C)c(Cl)c1.Cc1ccc(COC(C)C)cc1. The molecule has 8 rings (SSSR count). The first-order valence-corrected chi connectivity index (χ1v) is 37.1. The minimum absolute atomic E-state index is 0.00912. The van der Waals surface area contributed by atoms with E-state index in [2.05, 4.69) is 148 Å². The van der Waals surface area contributed by atoms with Gasteiger partial charge in [0.05, 0.1) is 114 Å². The van der Waals surface area contributed by atoms with E-state index in [-0.39, 0.29) is 42.3 Å².